The summed E-state index contributed by atoms with van der Waals surface area (Å²) in [5.74, 6) is -0.722. The van der Waals surface area contributed by atoms with Crippen molar-refractivity contribution in [3.8, 4) is 0 Å². The molecule has 0 aromatic heterocycles. The minimum Gasteiger partial charge on any atom is -0.390 e. The summed E-state index contributed by atoms with van der Waals surface area (Å²) in [7, 11) is 5.35. The highest BCUT2D eigenvalue weighted by molar-refractivity contribution is 4.99. The third kappa shape index (κ3) is 2.70. The van der Waals surface area contributed by atoms with Gasteiger partial charge in [-0.2, -0.15) is 0 Å². The van der Waals surface area contributed by atoms with E-state index in [9.17, 15) is 5.11 Å². The molecule has 0 radical (unpaired) electrons. The van der Waals surface area contributed by atoms with E-state index in [0.29, 0.717) is 44.6 Å². The van der Waals surface area contributed by atoms with Gasteiger partial charge >= 0.3 is 0 Å². The molecule has 18 heavy (non-hydrogen) atoms. The number of aliphatic hydroxyl groups is 1. The van der Waals surface area contributed by atoms with Gasteiger partial charge in [-0.15, -0.1) is 0 Å². The van der Waals surface area contributed by atoms with Crippen molar-refractivity contribution in [1.82, 2.24) is 4.90 Å². The van der Waals surface area contributed by atoms with Crippen molar-refractivity contribution in [2.45, 2.75) is 49.7 Å². The van der Waals surface area contributed by atoms with Gasteiger partial charge in [-0.25, -0.2) is 0 Å². The summed E-state index contributed by atoms with van der Waals surface area (Å²) in [5.41, 5.74) is -0.730. The normalized spacial score (nSPS) is 37.8. The molecule has 2 saturated heterocycles. The van der Waals surface area contributed by atoms with Gasteiger partial charge in [0.05, 0.1) is 18.8 Å². The van der Waals surface area contributed by atoms with Crippen LogP contribution in [0.15, 0.2) is 0 Å². The molecule has 2 atom stereocenters. The molecular formula is C13H25NO4. The van der Waals surface area contributed by atoms with Gasteiger partial charge in [0.1, 0.15) is 0 Å². The van der Waals surface area contributed by atoms with Crippen molar-refractivity contribution >= 4 is 0 Å². The lowest BCUT2D eigenvalue weighted by Crippen LogP contribution is -2.61. The van der Waals surface area contributed by atoms with E-state index in [1.807, 2.05) is 6.92 Å². The zero-order valence-electron chi connectivity index (χ0n) is 11.8. The monoisotopic (exact) mass is 259 g/mol. The number of piperidine rings is 1. The minimum atomic E-state index is -0.730. The molecule has 0 spiro atoms. The Labute approximate surface area is 109 Å². The maximum atomic E-state index is 10.9. The molecule has 2 rings (SSSR count). The fourth-order valence-corrected chi connectivity index (χ4v) is 3.21. The van der Waals surface area contributed by atoms with E-state index in [1.165, 1.54) is 0 Å². The van der Waals surface area contributed by atoms with Crippen LogP contribution in [-0.4, -0.2) is 68.0 Å². The van der Waals surface area contributed by atoms with Crippen LogP contribution in [0.1, 0.15) is 26.2 Å². The largest absolute Gasteiger partial charge is 0.390 e. The number of likely N-dealkylation sites (N-methyl/N-ethyl adjacent to an activating group) is 1. The van der Waals surface area contributed by atoms with E-state index < -0.39 is 11.4 Å². The molecule has 0 amide bonds. The third-order valence-corrected chi connectivity index (χ3v) is 4.52. The van der Waals surface area contributed by atoms with Crippen molar-refractivity contribution in [3.63, 3.8) is 0 Å². The van der Waals surface area contributed by atoms with E-state index in [2.05, 4.69) is 11.9 Å². The Kier molecular flexibility index (Phi) is 3.99. The van der Waals surface area contributed by atoms with Gasteiger partial charge in [-0.05, 0) is 26.8 Å². The lowest BCUT2D eigenvalue weighted by Gasteiger charge is -2.51. The van der Waals surface area contributed by atoms with Crippen LogP contribution in [0.2, 0.25) is 0 Å². The highest BCUT2D eigenvalue weighted by atomic mass is 16.7. The summed E-state index contributed by atoms with van der Waals surface area (Å²) >= 11 is 0. The van der Waals surface area contributed by atoms with Crippen LogP contribution >= 0.6 is 0 Å². The topological polar surface area (TPSA) is 51.2 Å². The summed E-state index contributed by atoms with van der Waals surface area (Å²) in [6.07, 6.45) is 1.92. The average Bonchev–Trinajstić information content (AvgIpc) is 2.31. The van der Waals surface area contributed by atoms with Gasteiger partial charge in [-0.3, -0.25) is 4.90 Å². The molecule has 2 fully saturated rings. The molecule has 0 aromatic carbocycles. The predicted molar refractivity (Wildman–Crippen MR) is 67.4 cm³/mol. The second-order valence-electron chi connectivity index (χ2n) is 5.86. The number of hydrogen-bond donors (Lipinski definition) is 1. The minimum absolute atomic E-state index is 0.292. The second-order valence-corrected chi connectivity index (χ2v) is 5.86. The summed E-state index contributed by atoms with van der Waals surface area (Å²) in [6.45, 7) is 3.27. The molecule has 2 unspecified atom stereocenters. The molecule has 2 heterocycles. The Morgan fingerprint density at radius 3 is 2.22 bits per heavy atom. The molecule has 2 bridgehead atoms. The van der Waals surface area contributed by atoms with Crippen LogP contribution in [0.4, 0.5) is 0 Å². The van der Waals surface area contributed by atoms with Gasteiger partial charge in [0.25, 0.3) is 0 Å². The van der Waals surface area contributed by atoms with Crippen LogP contribution < -0.4 is 0 Å². The van der Waals surface area contributed by atoms with Gasteiger partial charge in [0.2, 0.25) is 0 Å². The fourth-order valence-electron chi connectivity index (χ4n) is 3.21. The maximum Gasteiger partial charge on any atom is 0.167 e. The van der Waals surface area contributed by atoms with Crippen molar-refractivity contribution in [1.29, 1.82) is 0 Å². The second kappa shape index (κ2) is 5.06. The first-order chi connectivity index (χ1) is 8.41. The lowest BCUT2D eigenvalue weighted by atomic mass is 9.77. The molecule has 2 aliphatic rings. The summed E-state index contributed by atoms with van der Waals surface area (Å²) in [5, 5.41) is 10.9. The number of ether oxygens (including phenoxy) is 3. The van der Waals surface area contributed by atoms with Gasteiger partial charge in [-0.1, -0.05) is 0 Å². The summed E-state index contributed by atoms with van der Waals surface area (Å²) < 4.78 is 16.3. The number of fused-ring (bicyclic) bond motifs is 2. The number of methoxy groups -OCH3 is 2. The first kappa shape index (κ1) is 14.2. The standard InChI is InChI=1S/C13H25NO4/c1-12(16-3,17-4)9-13(15)5-10-7-18-8-11(6-13)14(10)2/h10-11,15H,5-9H2,1-4H3. The van der Waals surface area contributed by atoms with Crippen LogP contribution in [0.25, 0.3) is 0 Å². The van der Waals surface area contributed by atoms with E-state index in [4.69, 9.17) is 14.2 Å². The molecule has 5 heteroatoms. The van der Waals surface area contributed by atoms with E-state index in [1.54, 1.807) is 14.2 Å². The highest BCUT2D eigenvalue weighted by Gasteiger charge is 2.47. The van der Waals surface area contributed by atoms with Gasteiger partial charge in [0, 0.05) is 32.7 Å². The Bertz CT molecular complexity index is 279. The Morgan fingerprint density at radius 1 is 1.28 bits per heavy atom. The van der Waals surface area contributed by atoms with E-state index >= 15 is 0 Å². The number of rotatable bonds is 4. The van der Waals surface area contributed by atoms with Crippen LogP contribution in [-0.2, 0) is 14.2 Å². The van der Waals surface area contributed by atoms with Crippen molar-refractivity contribution < 1.29 is 19.3 Å². The molecule has 5 nitrogen and oxygen atoms in total. The Morgan fingerprint density at radius 2 is 1.78 bits per heavy atom. The summed E-state index contributed by atoms with van der Waals surface area (Å²) in [6, 6.07) is 0.584. The zero-order chi connectivity index (χ0) is 13.4. The molecule has 1 N–H and O–H groups in total. The third-order valence-electron chi connectivity index (χ3n) is 4.52. The van der Waals surface area contributed by atoms with E-state index in [0.717, 1.165) is 0 Å². The Hall–Kier alpha value is -0.200. The molecule has 106 valence electrons. The van der Waals surface area contributed by atoms with Crippen LogP contribution in [0.5, 0.6) is 0 Å². The number of morpholine rings is 1. The van der Waals surface area contributed by atoms with Crippen molar-refractivity contribution in [2.24, 2.45) is 0 Å². The SMILES string of the molecule is COC(C)(CC1(O)CC2COCC(C1)N2C)OC. The first-order valence-electron chi connectivity index (χ1n) is 6.54. The molecule has 2 aliphatic heterocycles. The zero-order valence-corrected chi connectivity index (χ0v) is 11.8. The van der Waals surface area contributed by atoms with Crippen molar-refractivity contribution in [2.75, 3.05) is 34.5 Å². The molecule has 0 saturated carbocycles. The quantitative estimate of drug-likeness (QED) is 0.750. The average molecular weight is 259 g/mol. The maximum absolute atomic E-state index is 10.9. The summed E-state index contributed by atoms with van der Waals surface area (Å²) in [4.78, 5) is 2.33. The van der Waals surface area contributed by atoms with Crippen LogP contribution in [0, 0.1) is 0 Å². The molecule has 0 aromatic rings. The molecular weight excluding hydrogens is 234 g/mol. The lowest BCUT2D eigenvalue weighted by molar-refractivity contribution is -0.238. The predicted octanol–water partition coefficient (Wildman–Crippen LogP) is 0.610. The van der Waals surface area contributed by atoms with Gasteiger partial charge in [0.15, 0.2) is 5.79 Å². The smallest absolute Gasteiger partial charge is 0.167 e. The first-order valence-corrected chi connectivity index (χ1v) is 6.54. The molecule has 0 aliphatic carbocycles. The van der Waals surface area contributed by atoms with Crippen molar-refractivity contribution in [3.05, 3.63) is 0 Å². The van der Waals surface area contributed by atoms with Crippen LogP contribution in [0.3, 0.4) is 0 Å². The number of hydrogen-bond acceptors (Lipinski definition) is 5. The highest BCUT2D eigenvalue weighted by Crippen LogP contribution is 2.39. The number of nitrogens with zero attached hydrogens (tertiary/aromatic N) is 1. The fraction of sp³-hybridized carbons (Fsp3) is 1.00. The van der Waals surface area contributed by atoms with E-state index in [-0.39, 0.29) is 0 Å². The Balaban J connectivity index is 2.08. The van der Waals surface area contributed by atoms with Gasteiger partial charge < -0.3 is 19.3 Å².